The van der Waals surface area contributed by atoms with Crippen LogP contribution in [0.5, 0.6) is 0 Å². The lowest BCUT2D eigenvalue weighted by molar-refractivity contribution is -0.145. The number of hydrogen-bond donors (Lipinski definition) is 2. The van der Waals surface area contributed by atoms with E-state index in [0.29, 0.717) is 30.9 Å². The van der Waals surface area contributed by atoms with Crippen molar-refractivity contribution in [3.63, 3.8) is 0 Å². The second kappa shape index (κ2) is 23.3. The van der Waals surface area contributed by atoms with Crippen LogP contribution < -0.4 is 11.1 Å². The third-order valence-electron chi connectivity index (χ3n) is 11.4. The van der Waals surface area contributed by atoms with Gasteiger partial charge in [-0.1, -0.05) is 109 Å². The lowest BCUT2D eigenvalue weighted by atomic mass is 9.79. The number of amides is 1. The Kier molecular flexibility index (Phi) is 18.7. The van der Waals surface area contributed by atoms with E-state index in [2.05, 4.69) is 71.3 Å². The van der Waals surface area contributed by atoms with Gasteiger partial charge in [0.1, 0.15) is 23.5 Å². The quantitative estimate of drug-likeness (QED) is 0.152. The normalized spacial score (nSPS) is 22.5. The highest BCUT2D eigenvalue weighted by atomic mass is 19.1. The van der Waals surface area contributed by atoms with Crippen LogP contribution in [0.3, 0.4) is 0 Å². The van der Waals surface area contributed by atoms with Crippen LogP contribution in [0, 0.1) is 30.6 Å². The summed E-state index contributed by atoms with van der Waals surface area (Å²) in [6.07, 6.45) is 21.3. The molecular weight excluding hydrogens is 728 g/mol. The van der Waals surface area contributed by atoms with Gasteiger partial charge in [-0.25, -0.2) is 9.37 Å². The van der Waals surface area contributed by atoms with Crippen molar-refractivity contribution in [3.05, 3.63) is 101 Å². The van der Waals surface area contributed by atoms with E-state index in [0.717, 1.165) is 60.4 Å². The summed E-state index contributed by atoms with van der Waals surface area (Å²) in [7, 11) is 0. The maximum Gasteiger partial charge on any atom is 0.235 e. The molecule has 1 saturated heterocycles. The molecule has 1 saturated carbocycles. The van der Waals surface area contributed by atoms with E-state index in [4.69, 9.17) is 5.73 Å². The second-order valence-corrected chi connectivity index (χ2v) is 16.7. The molecule has 2 unspecified atom stereocenters. The highest BCUT2D eigenvalue weighted by molar-refractivity contribution is 6.02. The number of ketones is 2. The van der Waals surface area contributed by atoms with Crippen molar-refractivity contribution < 1.29 is 18.8 Å². The van der Waals surface area contributed by atoms with E-state index >= 15 is 0 Å². The predicted octanol–water partition coefficient (Wildman–Crippen LogP) is 9.65. The van der Waals surface area contributed by atoms with Crippen molar-refractivity contribution in [2.45, 2.75) is 138 Å². The van der Waals surface area contributed by atoms with E-state index < -0.39 is 12.1 Å². The predicted molar refractivity (Wildman–Crippen MR) is 233 cm³/mol. The smallest absolute Gasteiger partial charge is 0.235 e. The number of nitrogens with one attached hydrogen (secondary N) is 1. The number of piperidine rings is 1. The second-order valence-electron chi connectivity index (χ2n) is 16.7. The maximum absolute atomic E-state index is 13.9. The number of rotatable bonds is 13. The van der Waals surface area contributed by atoms with Gasteiger partial charge in [0.05, 0.1) is 24.2 Å². The first kappa shape index (κ1) is 46.4. The summed E-state index contributed by atoms with van der Waals surface area (Å²) >= 11 is 0. The van der Waals surface area contributed by atoms with Gasteiger partial charge >= 0.3 is 0 Å². The van der Waals surface area contributed by atoms with Crippen LogP contribution >= 0.6 is 0 Å². The number of hydrogen-bond acceptors (Lipinski definition) is 8. The summed E-state index contributed by atoms with van der Waals surface area (Å²) in [6, 6.07) is 8.73. The highest BCUT2D eigenvalue weighted by Crippen LogP contribution is 2.34. The number of fused-ring (bicyclic) bond motifs is 1. The Bertz CT molecular complexity index is 1750. The summed E-state index contributed by atoms with van der Waals surface area (Å²) in [5.74, 6) is 1.32. The molecule has 316 valence electrons. The molecule has 9 nitrogen and oxygen atoms in total. The van der Waals surface area contributed by atoms with E-state index in [1.54, 1.807) is 17.3 Å². The van der Waals surface area contributed by atoms with Gasteiger partial charge < -0.3 is 11.1 Å². The summed E-state index contributed by atoms with van der Waals surface area (Å²) in [6.45, 7) is 17.4. The number of nitrogens with zero attached hydrogens (tertiary/aromatic N) is 4. The van der Waals surface area contributed by atoms with Crippen molar-refractivity contribution in [3.8, 4) is 0 Å². The van der Waals surface area contributed by atoms with Crippen molar-refractivity contribution in [1.29, 1.82) is 0 Å². The van der Waals surface area contributed by atoms with Gasteiger partial charge in [-0.15, -0.1) is 0 Å². The van der Waals surface area contributed by atoms with Crippen LogP contribution in [0.2, 0.25) is 0 Å². The molecule has 2 aliphatic heterocycles. The van der Waals surface area contributed by atoms with Crippen LogP contribution in [-0.4, -0.2) is 62.5 Å². The number of halogens is 1. The van der Waals surface area contributed by atoms with Gasteiger partial charge in [0.2, 0.25) is 5.91 Å². The number of nitrogens with two attached hydrogens (primary N) is 1. The highest BCUT2D eigenvalue weighted by Gasteiger charge is 2.43. The van der Waals surface area contributed by atoms with Gasteiger partial charge in [0.15, 0.2) is 5.78 Å². The minimum atomic E-state index is -0.555. The van der Waals surface area contributed by atoms with Crippen LogP contribution in [-0.2, 0) is 16.1 Å². The van der Waals surface area contributed by atoms with E-state index in [1.807, 2.05) is 45.9 Å². The number of carbonyl (C=O) groups is 3. The fourth-order valence-corrected chi connectivity index (χ4v) is 8.39. The fourth-order valence-electron chi connectivity index (χ4n) is 8.39. The molecule has 0 bridgehead atoms. The number of carbonyl (C=O) groups excluding carboxylic acids is 3. The standard InChI is InChI=1S/C30H39FN4O2.C16H24N2O.C2H6/c1-20(2)17-34(18-21(3)32)19-22-7-9-24(10-8-22)23-5-4-6-26(13-11-23)35-29(37)15-28(36)27-14-12-25(31)16-33-30(27)35;1-3-13-4-6-14(7-5-13)8-9-16(19)15-11-17-12(2)10-18-15;1-2/h4-11,16,20-21,27,30,33H,12-15,17-19,32H2,1-3H3;10-11,13-14H,3-9H2,1-2H3;1-2H3/t21-,27?,30?;;/m0../s1. The summed E-state index contributed by atoms with van der Waals surface area (Å²) in [5.41, 5.74) is 11.7. The lowest BCUT2D eigenvalue weighted by Crippen LogP contribution is -2.57. The van der Waals surface area contributed by atoms with E-state index in [9.17, 15) is 18.8 Å². The summed E-state index contributed by atoms with van der Waals surface area (Å²) in [5, 5.41) is 3.00. The van der Waals surface area contributed by atoms with Gasteiger partial charge in [-0.05, 0) is 67.2 Å². The van der Waals surface area contributed by atoms with Crippen LogP contribution in [0.15, 0.2) is 78.7 Å². The minimum absolute atomic E-state index is 0.115. The van der Waals surface area contributed by atoms with Crippen molar-refractivity contribution in [2.24, 2.45) is 29.4 Å². The molecule has 0 spiro atoms. The number of benzene rings is 1. The van der Waals surface area contributed by atoms with Crippen molar-refractivity contribution >= 4 is 23.0 Å². The average Bonchev–Trinajstić information content (AvgIpc) is 3.57. The molecule has 2 aromatic rings. The Morgan fingerprint density at radius 3 is 2.34 bits per heavy atom. The number of aromatic nitrogens is 2. The first-order valence-electron chi connectivity index (χ1n) is 21.8. The number of allylic oxidation sites excluding steroid dienone is 6. The van der Waals surface area contributed by atoms with E-state index in [-0.39, 0.29) is 42.2 Å². The third-order valence-corrected chi connectivity index (χ3v) is 11.4. The van der Waals surface area contributed by atoms with Gasteiger partial charge in [0.25, 0.3) is 0 Å². The van der Waals surface area contributed by atoms with Crippen molar-refractivity contribution in [1.82, 2.24) is 25.1 Å². The fraction of sp³-hybridized carbons (Fsp3) is 0.562. The first-order valence-corrected chi connectivity index (χ1v) is 21.8. The molecule has 10 heteroatoms. The molecule has 3 atom stereocenters. The van der Waals surface area contributed by atoms with Crippen molar-refractivity contribution in [2.75, 3.05) is 13.1 Å². The third kappa shape index (κ3) is 13.9. The van der Waals surface area contributed by atoms with Gasteiger partial charge in [-0.3, -0.25) is 29.2 Å². The van der Waals surface area contributed by atoms with Crippen LogP contribution in [0.1, 0.15) is 139 Å². The molecular formula is C48H69FN6O3. The zero-order valence-corrected chi connectivity index (χ0v) is 36.2. The van der Waals surface area contributed by atoms with Gasteiger partial charge in [0, 0.05) is 63.0 Å². The molecule has 4 aliphatic rings. The molecule has 2 aliphatic carbocycles. The zero-order chi connectivity index (χ0) is 42.2. The molecule has 1 amide bonds. The SMILES string of the molecule is CC.CC(C)CN(Cc1ccc(C2=CCC(N3C(=O)CC(=O)C4CCC(F)=CNC43)=CC=C2)cc1)C[C@H](C)N.CCC1CCC(CCC(=O)c2cnc(C)cn2)CC1. The monoisotopic (exact) mass is 797 g/mol. The van der Waals surface area contributed by atoms with E-state index in [1.165, 1.54) is 43.9 Å². The molecule has 3 N–H and O–H groups in total. The van der Waals surface area contributed by atoms with Gasteiger partial charge in [-0.2, -0.15) is 0 Å². The Morgan fingerprint density at radius 1 is 1.00 bits per heavy atom. The lowest BCUT2D eigenvalue weighted by Gasteiger charge is -2.40. The number of Topliss-reactive ketones (excluding diaryl/α,β-unsaturated/α-hetero) is 2. The number of aryl methyl sites for hydroxylation is 1. The molecule has 1 aromatic carbocycles. The van der Waals surface area contributed by atoms with Crippen LogP contribution in [0.4, 0.5) is 4.39 Å². The molecule has 2 fully saturated rings. The Hall–Kier alpha value is -4.28. The van der Waals surface area contributed by atoms with Crippen LogP contribution in [0.25, 0.3) is 5.57 Å². The molecule has 6 rings (SSSR count). The average molecular weight is 797 g/mol. The molecule has 1 aromatic heterocycles. The summed E-state index contributed by atoms with van der Waals surface area (Å²) in [4.78, 5) is 49.8. The molecule has 58 heavy (non-hydrogen) atoms. The largest absolute Gasteiger partial charge is 0.368 e. The maximum atomic E-state index is 13.9. The first-order chi connectivity index (χ1) is 27.9. The Labute approximate surface area is 347 Å². The molecule has 3 heterocycles. The Morgan fingerprint density at radius 2 is 1.71 bits per heavy atom. The zero-order valence-electron chi connectivity index (χ0n) is 36.2. The molecule has 0 radical (unpaired) electrons. The number of likely N-dealkylation sites (tertiary alicyclic amines) is 1. The topological polar surface area (TPSA) is 122 Å². The summed E-state index contributed by atoms with van der Waals surface area (Å²) < 4.78 is 13.9. The Balaban J connectivity index is 0.000000297. The minimum Gasteiger partial charge on any atom is -0.368 e.